The zero-order chi connectivity index (χ0) is 12.1. The summed E-state index contributed by atoms with van der Waals surface area (Å²) >= 11 is 0. The van der Waals surface area contributed by atoms with Crippen molar-refractivity contribution in [3.63, 3.8) is 0 Å². The Bertz CT molecular complexity index is 547. The molecule has 0 spiro atoms. The molecule has 0 aliphatic carbocycles. The number of carbonyl (C=O) groups excluding carboxylic acids is 1. The van der Waals surface area contributed by atoms with Gasteiger partial charge in [0.25, 0.3) is 11.5 Å². The topological polar surface area (TPSA) is 71.9 Å². The van der Waals surface area contributed by atoms with Gasteiger partial charge in [0, 0.05) is 17.8 Å². The van der Waals surface area contributed by atoms with Crippen molar-refractivity contribution < 1.29 is 4.79 Å². The Labute approximate surface area is 91.1 Å². The monoisotopic (exact) mass is 218 g/mol. The van der Waals surface area contributed by atoms with E-state index in [0.29, 0.717) is 4.57 Å². The molecular weight excluding hydrogens is 208 g/mol. The van der Waals surface area contributed by atoms with E-state index in [2.05, 4.69) is 18.1 Å². The lowest BCUT2D eigenvalue weighted by atomic mass is 10.2. The van der Waals surface area contributed by atoms with Crippen LogP contribution >= 0.6 is 0 Å². The Hall–Kier alpha value is -2.43. The van der Waals surface area contributed by atoms with Crippen LogP contribution in [0.25, 0.3) is 0 Å². The van der Waals surface area contributed by atoms with Crippen molar-refractivity contribution in [3.05, 3.63) is 70.1 Å². The van der Waals surface area contributed by atoms with Crippen molar-refractivity contribution in [1.82, 2.24) is 9.55 Å². The van der Waals surface area contributed by atoms with E-state index in [0.717, 1.165) is 6.07 Å². The molecule has 16 heavy (non-hydrogen) atoms. The van der Waals surface area contributed by atoms with E-state index in [-0.39, 0.29) is 5.57 Å². The maximum absolute atomic E-state index is 11.8. The van der Waals surface area contributed by atoms with Crippen LogP contribution in [0.3, 0.4) is 0 Å². The van der Waals surface area contributed by atoms with Crippen LogP contribution in [-0.4, -0.2) is 15.5 Å². The first-order valence-electron chi connectivity index (χ1n) is 4.42. The molecule has 5 heteroatoms. The SMILES string of the molecule is C=C/C=C(\C=C)C(=O)n1c(=O)cc[nH]c1=O. The minimum absolute atomic E-state index is 0.119. The third-order valence-corrected chi connectivity index (χ3v) is 1.82. The maximum Gasteiger partial charge on any atom is 0.335 e. The van der Waals surface area contributed by atoms with Crippen molar-refractivity contribution in [2.24, 2.45) is 0 Å². The van der Waals surface area contributed by atoms with Gasteiger partial charge in [0.2, 0.25) is 0 Å². The number of rotatable bonds is 3. The molecule has 0 amide bonds. The van der Waals surface area contributed by atoms with Gasteiger partial charge in [-0.2, -0.15) is 4.57 Å². The van der Waals surface area contributed by atoms with Crippen LogP contribution < -0.4 is 11.2 Å². The molecule has 82 valence electrons. The standard InChI is InChI=1S/C11H10N2O3/c1-3-5-8(4-2)10(15)13-9(14)6-7-12-11(13)16/h3-7H,1-2H2,(H,12,16)/b8-5+. The minimum Gasteiger partial charge on any atom is -0.314 e. The largest absolute Gasteiger partial charge is 0.335 e. The van der Waals surface area contributed by atoms with E-state index in [1.165, 1.54) is 24.4 Å². The number of hydrogen-bond donors (Lipinski definition) is 1. The van der Waals surface area contributed by atoms with Crippen molar-refractivity contribution in [2.45, 2.75) is 0 Å². The fraction of sp³-hybridized carbons (Fsp3) is 0. The molecule has 0 atom stereocenters. The first kappa shape index (κ1) is 11.6. The lowest BCUT2D eigenvalue weighted by Crippen LogP contribution is -2.39. The molecule has 0 aromatic carbocycles. The fourth-order valence-electron chi connectivity index (χ4n) is 1.10. The summed E-state index contributed by atoms with van der Waals surface area (Å²) in [6, 6.07) is 1.09. The minimum atomic E-state index is -0.783. The van der Waals surface area contributed by atoms with Gasteiger partial charge in [-0.25, -0.2) is 4.79 Å². The molecule has 1 aromatic rings. The normalized spacial score (nSPS) is 10.9. The third-order valence-electron chi connectivity index (χ3n) is 1.82. The van der Waals surface area contributed by atoms with E-state index < -0.39 is 17.2 Å². The van der Waals surface area contributed by atoms with Crippen molar-refractivity contribution in [3.8, 4) is 0 Å². The van der Waals surface area contributed by atoms with Gasteiger partial charge in [0.1, 0.15) is 0 Å². The van der Waals surface area contributed by atoms with Gasteiger partial charge in [-0.3, -0.25) is 9.59 Å². The van der Waals surface area contributed by atoms with Gasteiger partial charge in [0.15, 0.2) is 0 Å². The second kappa shape index (κ2) is 4.88. The number of aromatic amines is 1. The Balaban J connectivity index is 3.41. The second-order valence-electron chi connectivity index (χ2n) is 2.82. The lowest BCUT2D eigenvalue weighted by molar-refractivity contribution is 0.0950. The fourth-order valence-corrected chi connectivity index (χ4v) is 1.10. The van der Waals surface area contributed by atoms with Crippen LogP contribution in [0.15, 0.2) is 58.8 Å². The molecule has 0 saturated carbocycles. The summed E-state index contributed by atoms with van der Waals surface area (Å²) in [5.41, 5.74) is -1.35. The molecule has 0 aliphatic heterocycles. The molecule has 1 heterocycles. The van der Waals surface area contributed by atoms with Gasteiger partial charge in [0.05, 0.1) is 0 Å². The molecule has 1 rings (SSSR count). The molecule has 0 radical (unpaired) electrons. The van der Waals surface area contributed by atoms with Crippen molar-refractivity contribution in [1.29, 1.82) is 0 Å². The highest BCUT2D eigenvalue weighted by atomic mass is 16.2. The summed E-state index contributed by atoms with van der Waals surface area (Å²) in [6.07, 6.45) is 5.17. The summed E-state index contributed by atoms with van der Waals surface area (Å²) < 4.78 is 0.497. The zero-order valence-electron chi connectivity index (χ0n) is 8.47. The zero-order valence-corrected chi connectivity index (χ0v) is 8.47. The van der Waals surface area contributed by atoms with E-state index in [4.69, 9.17) is 0 Å². The first-order chi connectivity index (χ1) is 7.61. The van der Waals surface area contributed by atoms with Crippen molar-refractivity contribution >= 4 is 5.91 Å². The van der Waals surface area contributed by atoms with Crippen LogP contribution in [0.4, 0.5) is 0 Å². The van der Waals surface area contributed by atoms with E-state index in [1.54, 1.807) is 0 Å². The molecule has 1 aromatic heterocycles. The Morgan fingerprint density at radius 3 is 2.56 bits per heavy atom. The summed E-state index contributed by atoms with van der Waals surface area (Å²) in [5.74, 6) is -0.734. The summed E-state index contributed by atoms with van der Waals surface area (Å²) in [6.45, 7) is 6.84. The third kappa shape index (κ3) is 2.14. The van der Waals surface area contributed by atoms with Crippen molar-refractivity contribution in [2.75, 3.05) is 0 Å². The summed E-state index contributed by atoms with van der Waals surface area (Å²) in [4.78, 5) is 36.7. The molecule has 0 fully saturated rings. The van der Waals surface area contributed by atoms with Crippen LogP contribution in [0, 0.1) is 0 Å². The second-order valence-corrected chi connectivity index (χ2v) is 2.82. The Morgan fingerprint density at radius 2 is 2.06 bits per heavy atom. The highest BCUT2D eigenvalue weighted by molar-refractivity contribution is 5.97. The van der Waals surface area contributed by atoms with Gasteiger partial charge in [-0.15, -0.1) is 0 Å². The van der Waals surface area contributed by atoms with E-state index in [1.807, 2.05) is 0 Å². The van der Waals surface area contributed by atoms with E-state index in [9.17, 15) is 14.4 Å². The van der Waals surface area contributed by atoms with Crippen LogP contribution in [0.2, 0.25) is 0 Å². The number of nitrogens with one attached hydrogen (secondary N) is 1. The smallest absolute Gasteiger partial charge is 0.314 e. The molecular formula is C11H10N2O3. The van der Waals surface area contributed by atoms with Crippen LogP contribution in [0.1, 0.15) is 4.79 Å². The van der Waals surface area contributed by atoms with Gasteiger partial charge < -0.3 is 4.98 Å². The van der Waals surface area contributed by atoms with Gasteiger partial charge >= 0.3 is 5.69 Å². The Kier molecular flexibility index (Phi) is 3.55. The van der Waals surface area contributed by atoms with Gasteiger partial charge in [-0.1, -0.05) is 31.4 Å². The van der Waals surface area contributed by atoms with Crippen LogP contribution in [0.5, 0.6) is 0 Å². The molecule has 0 saturated heterocycles. The predicted octanol–water partition coefficient (Wildman–Crippen LogP) is 0.475. The summed E-state index contributed by atoms with van der Waals surface area (Å²) in [5, 5.41) is 0. The highest BCUT2D eigenvalue weighted by Crippen LogP contribution is 1.98. The average molecular weight is 218 g/mol. The number of H-pyrrole nitrogens is 1. The number of aromatic nitrogens is 2. The molecule has 0 bridgehead atoms. The number of allylic oxidation sites excluding steroid dienone is 4. The number of hydrogen-bond acceptors (Lipinski definition) is 3. The lowest BCUT2D eigenvalue weighted by Gasteiger charge is -2.01. The quantitative estimate of drug-likeness (QED) is 0.592. The number of carbonyl (C=O) groups is 1. The molecule has 1 N–H and O–H groups in total. The Morgan fingerprint density at radius 1 is 1.38 bits per heavy atom. The van der Waals surface area contributed by atoms with Gasteiger partial charge in [-0.05, 0) is 0 Å². The number of nitrogens with zero attached hydrogens (tertiary/aromatic N) is 1. The molecule has 0 unspecified atom stereocenters. The average Bonchev–Trinajstić information content (AvgIpc) is 2.25. The summed E-state index contributed by atoms with van der Waals surface area (Å²) in [7, 11) is 0. The van der Waals surface area contributed by atoms with Crippen LogP contribution in [-0.2, 0) is 0 Å². The highest BCUT2D eigenvalue weighted by Gasteiger charge is 2.12. The molecule has 5 nitrogen and oxygen atoms in total. The first-order valence-corrected chi connectivity index (χ1v) is 4.42. The molecule has 0 aliphatic rings. The predicted molar refractivity (Wildman–Crippen MR) is 60.4 cm³/mol. The van der Waals surface area contributed by atoms with E-state index >= 15 is 0 Å². The maximum atomic E-state index is 11.8.